The number of anilines is 1. The summed E-state index contributed by atoms with van der Waals surface area (Å²) in [6.45, 7) is 4.35. The van der Waals surface area contributed by atoms with E-state index in [1.54, 1.807) is 19.4 Å². The summed E-state index contributed by atoms with van der Waals surface area (Å²) >= 11 is 0. The number of hydrogen-bond acceptors (Lipinski definition) is 4. The van der Waals surface area contributed by atoms with Crippen molar-refractivity contribution in [3.8, 4) is 11.5 Å². The van der Waals surface area contributed by atoms with Gasteiger partial charge in [-0.1, -0.05) is 6.07 Å². The monoisotopic (exact) mass is 258 g/mol. The predicted octanol–water partition coefficient (Wildman–Crippen LogP) is 2.87. The predicted molar refractivity (Wildman–Crippen MR) is 75.4 cm³/mol. The van der Waals surface area contributed by atoms with Crippen molar-refractivity contribution in [3.63, 3.8) is 0 Å². The molecule has 0 radical (unpaired) electrons. The summed E-state index contributed by atoms with van der Waals surface area (Å²) in [5.74, 6) is 1.60. The Hall–Kier alpha value is -2.23. The number of nitrogens with two attached hydrogens (primary N) is 1. The second kappa shape index (κ2) is 5.61. The number of aryl methyl sites for hydroxylation is 1. The van der Waals surface area contributed by atoms with Gasteiger partial charge in [-0.2, -0.15) is 0 Å². The molecule has 4 nitrogen and oxygen atoms in total. The van der Waals surface area contributed by atoms with Crippen molar-refractivity contribution in [2.45, 2.75) is 20.5 Å². The van der Waals surface area contributed by atoms with Crippen LogP contribution >= 0.6 is 0 Å². The summed E-state index contributed by atoms with van der Waals surface area (Å²) in [7, 11) is 1.66. The average Bonchev–Trinajstić information content (AvgIpc) is 2.38. The SMILES string of the molecule is COc1c(C)cnc(COc2cccc(N)c2)c1C. The Morgan fingerprint density at radius 2 is 2.05 bits per heavy atom. The van der Waals surface area contributed by atoms with E-state index in [2.05, 4.69) is 4.98 Å². The summed E-state index contributed by atoms with van der Waals surface area (Å²) in [6, 6.07) is 7.35. The van der Waals surface area contributed by atoms with Crippen molar-refractivity contribution in [1.82, 2.24) is 4.98 Å². The molecule has 2 aromatic rings. The Balaban J connectivity index is 2.16. The number of ether oxygens (including phenoxy) is 2. The summed E-state index contributed by atoms with van der Waals surface area (Å²) in [4.78, 5) is 4.39. The van der Waals surface area contributed by atoms with E-state index in [1.165, 1.54) is 0 Å². The van der Waals surface area contributed by atoms with Crippen molar-refractivity contribution in [2.24, 2.45) is 0 Å². The van der Waals surface area contributed by atoms with Gasteiger partial charge in [0, 0.05) is 29.1 Å². The van der Waals surface area contributed by atoms with Crippen LogP contribution in [-0.4, -0.2) is 12.1 Å². The van der Waals surface area contributed by atoms with E-state index in [-0.39, 0.29) is 0 Å². The molecule has 19 heavy (non-hydrogen) atoms. The maximum absolute atomic E-state index is 5.71. The second-order valence-electron chi connectivity index (χ2n) is 4.41. The third kappa shape index (κ3) is 2.96. The van der Waals surface area contributed by atoms with Gasteiger partial charge in [-0.25, -0.2) is 0 Å². The number of rotatable bonds is 4. The minimum Gasteiger partial charge on any atom is -0.496 e. The standard InChI is InChI=1S/C15H18N2O2/c1-10-8-17-14(11(2)15(10)18-3)9-19-13-6-4-5-12(16)7-13/h4-8H,9,16H2,1-3H3. The molecule has 4 heteroatoms. The zero-order valence-electron chi connectivity index (χ0n) is 11.4. The summed E-state index contributed by atoms with van der Waals surface area (Å²) < 4.78 is 11.1. The molecule has 0 aliphatic carbocycles. The van der Waals surface area contributed by atoms with Crippen LogP contribution in [0, 0.1) is 13.8 Å². The lowest BCUT2D eigenvalue weighted by atomic mass is 10.1. The molecule has 0 unspecified atom stereocenters. The number of aromatic nitrogens is 1. The van der Waals surface area contributed by atoms with Crippen LogP contribution in [0.3, 0.4) is 0 Å². The van der Waals surface area contributed by atoms with E-state index < -0.39 is 0 Å². The first-order valence-electron chi connectivity index (χ1n) is 6.09. The minimum atomic E-state index is 0.395. The first-order chi connectivity index (χ1) is 9.11. The number of benzene rings is 1. The summed E-state index contributed by atoms with van der Waals surface area (Å²) in [5.41, 5.74) is 9.28. The number of hydrogen-bond donors (Lipinski definition) is 1. The molecule has 1 aromatic heterocycles. The zero-order chi connectivity index (χ0) is 13.8. The maximum Gasteiger partial charge on any atom is 0.131 e. The molecule has 2 N–H and O–H groups in total. The molecule has 0 atom stereocenters. The van der Waals surface area contributed by atoms with Crippen LogP contribution in [0.5, 0.6) is 11.5 Å². The van der Waals surface area contributed by atoms with Crippen LogP contribution in [0.1, 0.15) is 16.8 Å². The molecule has 1 aromatic carbocycles. The fourth-order valence-electron chi connectivity index (χ4n) is 1.97. The van der Waals surface area contributed by atoms with Gasteiger partial charge in [0.05, 0.1) is 12.8 Å². The Bertz CT molecular complexity index is 582. The second-order valence-corrected chi connectivity index (χ2v) is 4.41. The minimum absolute atomic E-state index is 0.395. The fourth-order valence-corrected chi connectivity index (χ4v) is 1.97. The molecule has 100 valence electrons. The highest BCUT2D eigenvalue weighted by atomic mass is 16.5. The zero-order valence-corrected chi connectivity index (χ0v) is 11.4. The molecule has 0 fully saturated rings. The van der Waals surface area contributed by atoms with Crippen LogP contribution in [0.4, 0.5) is 5.69 Å². The molecule has 0 spiro atoms. The lowest BCUT2D eigenvalue weighted by Gasteiger charge is -2.13. The molecule has 1 heterocycles. The van der Waals surface area contributed by atoms with E-state index in [0.717, 1.165) is 28.3 Å². The summed E-state index contributed by atoms with van der Waals surface area (Å²) in [5, 5.41) is 0. The Labute approximate surface area is 113 Å². The first-order valence-corrected chi connectivity index (χ1v) is 6.09. The van der Waals surface area contributed by atoms with Crippen LogP contribution < -0.4 is 15.2 Å². The van der Waals surface area contributed by atoms with Gasteiger partial charge in [-0.15, -0.1) is 0 Å². The van der Waals surface area contributed by atoms with Crippen molar-refractivity contribution < 1.29 is 9.47 Å². The molecule has 0 aliphatic rings. The molecule has 0 aliphatic heterocycles. The number of nitrogen functional groups attached to an aromatic ring is 1. The van der Waals surface area contributed by atoms with Crippen molar-refractivity contribution in [3.05, 3.63) is 47.3 Å². The van der Waals surface area contributed by atoms with E-state index in [1.807, 2.05) is 32.0 Å². The molecule has 2 rings (SSSR count). The average molecular weight is 258 g/mol. The van der Waals surface area contributed by atoms with Crippen molar-refractivity contribution in [2.75, 3.05) is 12.8 Å². The lowest BCUT2D eigenvalue weighted by Crippen LogP contribution is -2.04. The molecule has 0 bridgehead atoms. The van der Waals surface area contributed by atoms with Gasteiger partial charge in [-0.3, -0.25) is 4.98 Å². The highest BCUT2D eigenvalue weighted by Crippen LogP contribution is 2.25. The Morgan fingerprint density at radius 3 is 2.74 bits per heavy atom. The van der Waals surface area contributed by atoms with E-state index in [0.29, 0.717) is 12.3 Å². The number of methoxy groups -OCH3 is 1. The Morgan fingerprint density at radius 1 is 1.26 bits per heavy atom. The third-order valence-corrected chi connectivity index (χ3v) is 2.98. The molecule has 0 saturated heterocycles. The lowest BCUT2D eigenvalue weighted by molar-refractivity contribution is 0.299. The van der Waals surface area contributed by atoms with E-state index in [4.69, 9.17) is 15.2 Å². The van der Waals surface area contributed by atoms with Gasteiger partial charge in [0.15, 0.2) is 0 Å². The largest absolute Gasteiger partial charge is 0.496 e. The molecule has 0 saturated carbocycles. The van der Waals surface area contributed by atoms with Crippen molar-refractivity contribution in [1.29, 1.82) is 0 Å². The normalized spacial score (nSPS) is 10.3. The fraction of sp³-hybridized carbons (Fsp3) is 0.267. The Kier molecular flexibility index (Phi) is 3.90. The highest BCUT2D eigenvalue weighted by molar-refractivity contribution is 5.44. The number of nitrogens with zero attached hydrogens (tertiary/aromatic N) is 1. The van der Waals surface area contributed by atoms with Gasteiger partial charge in [0.2, 0.25) is 0 Å². The molecular formula is C15H18N2O2. The third-order valence-electron chi connectivity index (χ3n) is 2.98. The summed E-state index contributed by atoms with van der Waals surface area (Å²) in [6.07, 6.45) is 1.80. The maximum atomic E-state index is 5.71. The van der Waals surface area contributed by atoms with Gasteiger partial charge in [0.25, 0.3) is 0 Å². The highest BCUT2D eigenvalue weighted by Gasteiger charge is 2.09. The first kappa shape index (κ1) is 13.2. The molecular weight excluding hydrogens is 240 g/mol. The molecule has 0 amide bonds. The van der Waals surface area contributed by atoms with Crippen LogP contribution in [0.2, 0.25) is 0 Å². The quantitative estimate of drug-likeness (QED) is 0.857. The topological polar surface area (TPSA) is 57.4 Å². The number of pyridine rings is 1. The van der Waals surface area contributed by atoms with E-state index >= 15 is 0 Å². The van der Waals surface area contributed by atoms with Gasteiger partial charge in [0.1, 0.15) is 18.1 Å². The smallest absolute Gasteiger partial charge is 0.131 e. The van der Waals surface area contributed by atoms with Crippen molar-refractivity contribution >= 4 is 5.69 Å². The van der Waals surface area contributed by atoms with Gasteiger partial charge in [-0.05, 0) is 26.0 Å². The van der Waals surface area contributed by atoms with Crippen LogP contribution in [0.25, 0.3) is 0 Å². The van der Waals surface area contributed by atoms with Crippen LogP contribution in [-0.2, 0) is 6.61 Å². The van der Waals surface area contributed by atoms with Gasteiger partial charge >= 0.3 is 0 Å². The van der Waals surface area contributed by atoms with Crippen LogP contribution in [0.15, 0.2) is 30.5 Å². The van der Waals surface area contributed by atoms with E-state index in [9.17, 15) is 0 Å². The van der Waals surface area contributed by atoms with Gasteiger partial charge < -0.3 is 15.2 Å².